The number of hydrogen-bond acceptors (Lipinski definition) is 10. The van der Waals surface area contributed by atoms with Gasteiger partial charge in [-0.3, -0.25) is 19.1 Å². The van der Waals surface area contributed by atoms with Gasteiger partial charge in [-0.2, -0.15) is 0 Å². The molecule has 14 nitrogen and oxygen atoms in total. The molecule has 3 aromatic rings. The largest absolute Gasteiger partial charge is 0.497 e. The predicted octanol–water partition coefficient (Wildman–Crippen LogP) is 6.26. The number of hydrogen-bond donors (Lipinski definition) is 3. The first-order valence-corrected chi connectivity index (χ1v) is 23.1. The highest BCUT2D eigenvalue weighted by atomic mass is 32.2. The number of amides is 4. The van der Waals surface area contributed by atoms with Crippen molar-refractivity contribution in [2.75, 3.05) is 13.7 Å². The van der Waals surface area contributed by atoms with Gasteiger partial charge >= 0.3 is 6.09 Å². The van der Waals surface area contributed by atoms with Crippen LogP contribution in [0.4, 0.5) is 4.79 Å². The molecular formula is C46H59N5O9S. The molecule has 0 bridgehead atoms. The van der Waals surface area contributed by atoms with Gasteiger partial charge in [0.05, 0.1) is 29.6 Å². The number of pyridine rings is 1. The predicted molar refractivity (Wildman–Crippen MR) is 229 cm³/mol. The Hall–Kier alpha value is -4.92. The number of nitrogens with one attached hydrogen (secondary N) is 3. The fourth-order valence-electron chi connectivity index (χ4n) is 8.96. The molecule has 2 heterocycles. The molecular weight excluding hydrogens is 799 g/mol. The molecule has 3 N–H and O–H groups in total. The summed E-state index contributed by atoms with van der Waals surface area (Å²) >= 11 is 0. The quantitative estimate of drug-likeness (QED) is 0.167. The molecule has 1 unspecified atom stereocenters. The van der Waals surface area contributed by atoms with E-state index in [9.17, 15) is 27.6 Å². The number of methoxy groups -OCH3 is 1. The smallest absolute Gasteiger partial charge is 0.408 e. The number of benzene rings is 2. The zero-order valence-electron chi connectivity index (χ0n) is 36.2. The minimum absolute atomic E-state index is 0.0243. The molecule has 328 valence electrons. The molecule has 1 aromatic heterocycles. The number of ether oxygens (including phenoxy) is 3. The Labute approximate surface area is 358 Å². The molecule has 4 saturated carbocycles. The number of fused-ring (bicyclic) bond motifs is 1. The second-order valence-electron chi connectivity index (χ2n) is 20.1. The van der Waals surface area contributed by atoms with E-state index in [1.807, 2.05) is 75.4 Å². The molecule has 4 aliphatic carbocycles. The lowest BCUT2D eigenvalue weighted by Crippen LogP contribution is -2.60. The van der Waals surface area contributed by atoms with Crippen LogP contribution in [0.25, 0.3) is 22.2 Å². The van der Waals surface area contributed by atoms with Crippen LogP contribution in [0.1, 0.15) is 99.3 Å². The van der Waals surface area contributed by atoms with Crippen molar-refractivity contribution < 1.29 is 41.8 Å². The number of likely N-dealkylation sites (tertiary alicyclic amines) is 1. The van der Waals surface area contributed by atoms with E-state index in [0.717, 1.165) is 31.2 Å². The van der Waals surface area contributed by atoms with Crippen molar-refractivity contribution in [3.05, 3.63) is 54.6 Å². The Kier molecular flexibility index (Phi) is 10.8. The molecule has 4 amide bonds. The normalized spacial score (nSPS) is 25.0. The Bertz CT molecular complexity index is 2330. The van der Waals surface area contributed by atoms with Gasteiger partial charge in [-0.05, 0) is 94.6 Å². The van der Waals surface area contributed by atoms with E-state index in [1.165, 1.54) is 4.90 Å². The Morgan fingerprint density at radius 1 is 0.951 bits per heavy atom. The van der Waals surface area contributed by atoms with Crippen molar-refractivity contribution in [3.8, 4) is 22.8 Å². The Balaban J connectivity index is 1.11. The molecule has 5 atom stereocenters. The fourth-order valence-corrected chi connectivity index (χ4v) is 10.7. The summed E-state index contributed by atoms with van der Waals surface area (Å²) in [7, 11) is -2.42. The van der Waals surface area contributed by atoms with Gasteiger partial charge in [0.25, 0.3) is 5.91 Å². The number of rotatable bonds is 14. The number of aromatic nitrogens is 1. The number of sulfonamides is 1. The van der Waals surface area contributed by atoms with Crippen molar-refractivity contribution >= 4 is 44.7 Å². The summed E-state index contributed by atoms with van der Waals surface area (Å²) in [5, 5.41) is 6.49. The minimum atomic E-state index is -4.00. The molecule has 1 saturated heterocycles. The van der Waals surface area contributed by atoms with E-state index in [-0.39, 0.29) is 24.8 Å². The van der Waals surface area contributed by atoms with Crippen LogP contribution in [0.5, 0.6) is 11.5 Å². The molecule has 5 aliphatic rings. The first-order valence-electron chi connectivity index (χ1n) is 21.6. The van der Waals surface area contributed by atoms with E-state index in [1.54, 1.807) is 27.9 Å². The van der Waals surface area contributed by atoms with Crippen molar-refractivity contribution in [3.63, 3.8) is 0 Å². The Morgan fingerprint density at radius 2 is 1.66 bits per heavy atom. The lowest BCUT2D eigenvalue weighted by Gasteiger charge is -2.36. The van der Waals surface area contributed by atoms with Gasteiger partial charge in [-0.1, -0.05) is 63.9 Å². The number of alkyl carbamates (subject to hydrolysis) is 1. The van der Waals surface area contributed by atoms with Gasteiger partial charge in [0.15, 0.2) is 0 Å². The average Bonchev–Trinajstić information content (AvgIpc) is 3.98. The van der Waals surface area contributed by atoms with Gasteiger partial charge in [-0.15, -0.1) is 0 Å². The van der Waals surface area contributed by atoms with Crippen LogP contribution in [0.15, 0.2) is 54.6 Å². The van der Waals surface area contributed by atoms with Gasteiger partial charge in [0.1, 0.15) is 40.8 Å². The second kappa shape index (κ2) is 15.5. The molecule has 5 fully saturated rings. The summed E-state index contributed by atoms with van der Waals surface area (Å²) in [6.07, 6.45) is 4.21. The summed E-state index contributed by atoms with van der Waals surface area (Å²) in [6, 6.07) is 14.7. The Morgan fingerprint density at radius 3 is 2.26 bits per heavy atom. The summed E-state index contributed by atoms with van der Waals surface area (Å²) in [6.45, 7) is 10.6. The second-order valence-corrected chi connectivity index (χ2v) is 22.1. The number of carbonyl (C=O) groups is 4. The van der Waals surface area contributed by atoms with Gasteiger partial charge < -0.3 is 29.7 Å². The van der Waals surface area contributed by atoms with Crippen molar-refractivity contribution in [2.24, 2.45) is 23.2 Å². The van der Waals surface area contributed by atoms with E-state index in [0.29, 0.717) is 59.7 Å². The van der Waals surface area contributed by atoms with E-state index in [4.69, 9.17) is 19.2 Å². The average molecular weight is 858 g/mol. The summed E-state index contributed by atoms with van der Waals surface area (Å²) in [5.41, 5.74) is -0.947. The topological polar surface area (TPSA) is 182 Å². The van der Waals surface area contributed by atoms with Crippen LogP contribution in [0.2, 0.25) is 0 Å². The lowest BCUT2D eigenvalue weighted by atomic mass is 9.85. The molecule has 8 rings (SSSR count). The third kappa shape index (κ3) is 9.03. The molecule has 61 heavy (non-hydrogen) atoms. The maximum absolute atomic E-state index is 14.9. The zero-order valence-corrected chi connectivity index (χ0v) is 37.0. The highest BCUT2D eigenvalue weighted by Crippen LogP contribution is 2.58. The highest BCUT2D eigenvalue weighted by molar-refractivity contribution is 7.91. The standard InChI is InChI=1S/C46H59N5O9S/c1-43(2,3)38(48-42(55)60-44(4,5)6)40(53)51-26-31(59-37-23-34(29-11-9-8-10-12-29)47-35-21-30(58-7)17-18-32(35)37)22-36(51)39(52)49-46(25-33(46)28-15-16-28)41(54)50-61(56,57)45(19-20-45)24-27-13-14-27/h8-12,17-18,21,23,27-28,31,33,36,38H,13-16,19-20,22,24-26H2,1-7H3,(H,48,55)(H,49,52)(H,50,54)/t31-,33?,36+,38-,46+/m1/s1. The number of carbonyl (C=O) groups excluding carboxylic acids is 4. The van der Waals surface area contributed by atoms with Crippen molar-refractivity contribution in [2.45, 2.75) is 133 Å². The van der Waals surface area contributed by atoms with Gasteiger partial charge in [0, 0.05) is 29.5 Å². The zero-order chi connectivity index (χ0) is 43.7. The maximum Gasteiger partial charge on any atom is 0.408 e. The third-order valence-corrected chi connectivity index (χ3v) is 15.1. The molecule has 0 spiro atoms. The monoisotopic (exact) mass is 857 g/mol. The van der Waals surface area contributed by atoms with Crippen molar-refractivity contribution in [1.29, 1.82) is 0 Å². The summed E-state index contributed by atoms with van der Waals surface area (Å²) < 4.78 is 46.9. The molecule has 15 heteroatoms. The summed E-state index contributed by atoms with van der Waals surface area (Å²) in [5.74, 6) is -0.399. The fraction of sp³-hybridized carbons (Fsp3) is 0.587. The van der Waals surface area contributed by atoms with Gasteiger partial charge in [0.2, 0.25) is 21.8 Å². The van der Waals surface area contributed by atoms with E-state index >= 15 is 0 Å². The van der Waals surface area contributed by atoms with E-state index < -0.39 is 73.3 Å². The molecule has 1 aliphatic heterocycles. The third-order valence-electron chi connectivity index (χ3n) is 12.9. The highest BCUT2D eigenvalue weighted by Gasteiger charge is 2.68. The molecule has 0 radical (unpaired) electrons. The van der Waals surface area contributed by atoms with Crippen LogP contribution < -0.4 is 24.8 Å². The van der Waals surface area contributed by atoms with Crippen LogP contribution in [0.3, 0.4) is 0 Å². The van der Waals surface area contributed by atoms with Crippen LogP contribution in [-0.2, 0) is 29.1 Å². The van der Waals surface area contributed by atoms with Crippen molar-refractivity contribution in [1.82, 2.24) is 25.2 Å². The van der Waals surface area contributed by atoms with Crippen LogP contribution in [-0.4, -0.2) is 89.8 Å². The summed E-state index contributed by atoms with van der Waals surface area (Å²) in [4.78, 5) is 63.4. The molecule has 2 aromatic carbocycles. The maximum atomic E-state index is 14.9. The number of nitrogens with zero attached hydrogens (tertiary/aromatic N) is 2. The lowest BCUT2D eigenvalue weighted by molar-refractivity contribution is -0.143. The van der Waals surface area contributed by atoms with Gasteiger partial charge in [-0.25, -0.2) is 18.2 Å². The van der Waals surface area contributed by atoms with Crippen LogP contribution >= 0.6 is 0 Å². The minimum Gasteiger partial charge on any atom is -0.497 e. The van der Waals surface area contributed by atoms with E-state index in [2.05, 4.69) is 15.4 Å². The first-order chi connectivity index (χ1) is 28.7. The SMILES string of the molecule is COc1ccc2c(O[C@@H]3C[C@@H](C(=O)N[C@@]4(C(=O)NS(=O)(=O)C5(CC6CC6)CC5)CC4C4CC4)N(C(=O)[C@@H](NC(=O)OC(C)(C)C)C(C)(C)C)C3)cc(-c3ccccc3)nc2c1. The van der Waals surface area contributed by atoms with Crippen LogP contribution in [0, 0.1) is 23.2 Å². The first kappa shape index (κ1) is 42.8.